The summed E-state index contributed by atoms with van der Waals surface area (Å²) in [5.41, 5.74) is 0.538. The summed E-state index contributed by atoms with van der Waals surface area (Å²) in [5.74, 6) is -0.121. The predicted octanol–water partition coefficient (Wildman–Crippen LogP) is 1.64. The molecule has 2 N–H and O–H groups in total. The minimum absolute atomic E-state index is 0.0955. The van der Waals surface area contributed by atoms with Crippen molar-refractivity contribution in [2.24, 2.45) is 0 Å². The van der Waals surface area contributed by atoms with Gasteiger partial charge in [-0.05, 0) is 19.1 Å². The smallest absolute Gasteiger partial charge is 0.256 e. The number of sulfonamides is 1. The van der Waals surface area contributed by atoms with Crippen LogP contribution in [-0.2, 0) is 10.0 Å². The van der Waals surface area contributed by atoms with E-state index in [1.807, 2.05) is 6.07 Å². The zero-order valence-electron chi connectivity index (χ0n) is 12.2. The second-order valence-corrected chi connectivity index (χ2v) is 8.29. The Balaban J connectivity index is 1.82. The highest BCUT2D eigenvalue weighted by atomic mass is 35.5. The molecule has 0 saturated carbocycles. The Morgan fingerprint density at radius 2 is 1.95 bits per heavy atom. The van der Waals surface area contributed by atoms with Gasteiger partial charge in [0.15, 0.2) is 0 Å². The number of hydrogen-bond acceptors (Lipinski definition) is 4. The number of nitrogens with zero attached hydrogens (tertiary/aromatic N) is 1. The molecule has 0 atom stereocenters. The molecule has 1 aromatic carbocycles. The largest absolute Gasteiger partial charge is 0.362 e. The molecule has 0 bridgehead atoms. The molecule has 2 heterocycles. The van der Waals surface area contributed by atoms with Crippen molar-refractivity contribution in [2.75, 3.05) is 24.2 Å². The Morgan fingerprint density at radius 3 is 2.59 bits per heavy atom. The molecule has 1 spiro atoms. The van der Waals surface area contributed by atoms with Crippen LogP contribution in [0.15, 0.2) is 18.2 Å². The number of benzene rings is 1. The van der Waals surface area contributed by atoms with Crippen molar-refractivity contribution in [3.05, 3.63) is 28.8 Å². The van der Waals surface area contributed by atoms with Gasteiger partial charge in [-0.1, -0.05) is 17.7 Å². The van der Waals surface area contributed by atoms with Crippen LogP contribution >= 0.6 is 11.6 Å². The lowest BCUT2D eigenvalue weighted by Gasteiger charge is -2.45. The van der Waals surface area contributed by atoms with Crippen molar-refractivity contribution in [3.63, 3.8) is 0 Å². The molecular formula is C14H18ClN3O3S. The molecule has 0 aliphatic carbocycles. The highest BCUT2D eigenvalue weighted by Crippen LogP contribution is 2.34. The number of carbonyl (C=O) groups is 1. The third kappa shape index (κ3) is 2.57. The van der Waals surface area contributed by atoms with Gasteiger partial charge in [-0.15, -0.1) is 0 Å². The monoisotopic (exact) mass is 343 g/mol. The van der Waals surface area contributed by atoms with Gasteiger partial charge in [-0.25, -0.2) is 12.7 Å². The number of piperidine rings is 1. The first-order valence-corrected chi connectivity index (χ1v) is 9.23. The Labute approximate surface area is 134 Å². The molecule has 2 aliphatic heterocycles. The van der Waals surface area contributed by atoms with E-state index in [0.717, 1.165) is 0 Å². The van der Waals surface area contributed by atoms with Crippen LogP contribution < -0.4 is 10.6 Å². The van der Waals surface area contributed by atoms with E-state index in [1.54, 1.807) is 19.1 Å². The molecule has 1 saturated heterocycles. The molecule has 120 valence electrons. The van der Waals surface area contributed by atoms with Gasteiger partial charge in [-0.3, -0.25) is 4.79 Å². The van der Waals surface area contributed by atoms with Crippen LogP contribution in [-0.4, -0.2) is 43.1 Å². The first-order valence-electron chi connectivity index (χ1n) is 7.24. The summed E-state index contributed by atoms with van der Waals surface area (Å²) >= 11 is 6.08. The van der Waals surface area contributed by atoms with Crippen LogP contribution in [0.3, 0.4) is 0 Å². The lowest BCUT2D eigenvalue weighted by atomic mass is 9.93. The molecule has 0 aromatic heterocycles. The van der Waals surface area contributed by atoms with Crippen molar-refractivity contribution in [1.82, 2.24) is 9.62 Å². The summed E-state index contributed by atoms with van der Waals surface area (Å²) in [5, 5.41) is 6.70. The Morgan fingerprint density at radius 1 is 1.27 bits per heavy atom. The lowest BCUT2D eigenvalue weighted by Crippen LogP contribution is -2.62. The topological polar surface area (TPSA) is 78.5 Å². The van der Waals surface area contributed by atoms with Crippen LogP contribution in [0.1, 0.15) is 30.1 Å². The maximum absolute atomic E-state index is 12.3. The number of halogens is 1. The van der Waals surface area contributed by atoms with Crippen LogP contribution in [0.25, 0.3) is 0 Å². The molecule has 1 fully saturated rings. The second-order valence-electron chi connectivity index (χ2n) is 5.62. The van der Waals surface area contributed by atoms with Gasteiger partial charge >= 0.3 is 0 Å². The number of rotatable bonds is 2. The zero-order chi connectivity index (χ0) is 16.0. The maximum Gasteiger partial charge on any atom is 0.256 e. The van der Waals surface area contributed by atoms with Crippen molar-refractivity contribution in [2.45, 2.75) is 25.4 Å². The number of anilines is 1. The van der Waals surface area contributed by atoms with Gasteiger partial charge in [0.05, 0.1) is 22.0 Å². The minimum atomic E-state index is -3.19. The third-order valence-electron chi connectivity index (χ3n) is 4.30. The average molecular weight is 344 g/mol. The fourth-order valence-corrected chi connectivity index (χ4v) is 4.37. The number of carbonyl (C=O) groups excluding carboxylic acids is 1. The van der Waals surface area contributed by atoms with E-state index in [-0.39, 0.29) is 11.7 Å². The molecule has 22 heavy (non-hydrogen) atoms. The standard InChI is InChI=1S/C14H18ClN3O3S/c1-2-22(20,21)18-8-6-14(7-9-18)16-11-5-3-4-10(15)12(11)13(19)17-14/h3-5,16H,2,6-9H2,1H3,(H,17,19). The second kappa shape index (κ2) is 5.40. The molecule has 8 heteroatoms. The molecular weight excluding hydrogens is 326 g/mol. The normalized spacial score (nSPS) is 21.1. The van der Waals surface area contributed by atoms with Gasteiger partial charge in [0, 0.05) is 25.9 Å². The van der Waals surface area contributed by atoms with E-state index >= 15 is 0 Å². The van der Waals surface area contributed by atoms with Gasteiger partial charge in [-0.2, -0.15) is 0 Å². The summed E-state index contributed by atoms with van der Waals surface area (Å²) in [4.78, 5) is 12.3. The molecule has 1 aromatic rings. The third-order valence-corrected chi connectivity index (χ3v) is 6.50. The van der Waals surface area contributed by atoms with E-state index in [9.17, 15) is 13.2 Å². The molecule has 2 aliphatic rings. The Kier molecular flexibility index (Phi) is 3.82. The van der Waals surface area contributed by atoms with Gasteiger partial charge in [0.25, 0.3) is 5.91 Å². The van der Waals surface area contributed by atoms with Gasteiger partial charge in [0.1, 0.15) is 5.66 Å². The summed E-state index contributed by atoms with van der Waals surface area (Å²) in [6.07, 6.45) is 1.04. The van der Waals surface area contributed by atoms with Crippen LogP contribution in [0.4, 0.5) is 5.69 Å². The van der Waals surface area contributed by atoms with Gasteiger partial charge < -0.3 is 10.6 Å². The Hall–Kier alpha value is -1.31. The SMILES string of the molecule is CCS(=O)(=O)N1CCC2(CC1)NC(=O)c1c(Cl)cccc1N2. The van der Waals surface area contributed by atoms with Crippen LogP contribution in [0.2, 0.25) is 5.02 Å². The minimum Gasteiger partial charge on any atom is -0.362 e. The van der Waals surface area contributed by atoms with Crippen molar-refractivity contribution >= 4 is 33.2 Å². The van der Waals surface area contributed by atoms with E-state index in [1.165, 1.54) is 4.31 Å². The summed E-state index contributed by atoms with van der Waals surface area (Å²) < 4.78 is 25.4. The predicted molar refractivity (Wildman–Crippen MR) is 85.5 cm³/mol. The number of amides is 1. The van der Waals surface area contributed by atoms with Gasteiger partial charge in [0.2, 0.25) is 10.0 Å². The number of fused-ring (bicyclic) bond motifs is 1. The molecule has 3 rings (SSSR count). The fraction of sp³-hybridized carbons (Fsp3) is 0.500. The Bertz CT molecular complexity index is 712. The fourth-order valence-electron chi connectivity index (χ4n) is 3.01. The van der Waals surface area contributed by atoms with Crippen molar-refractivity contribution < 1.29 is 13.2 Å². The zero-order valence-corrected chi connectivity index (χ0v) is 13.8. The molecule has 6 nitrogen and oxygen atoms in total. The van der Waals surface area contributed by atoms with E-state index in [2.05, 4.69) is 10.6 Å². The molecule has 1 amide bonds. The highest BCUT2D eigenvalue weighted by Gasteiger charge is 2.42. The van der Waals surface area contributed by atoms with E-state index in [0.29, 0.717) is 42.2 Å². The van der Waals surface area contributed by atoms with E-state index < -0.39 is 15.7 Å². The maximum atomic E-state index is 12.3. The summed E-state index contributed by atoms with van der Waals surface area (Å²) in [6.45, 7) is 2.41. The number of nitrogens with one attached hydrogen (secondary N) is 2. The molecule has 0 unspecified atom stereocenters. The molecule has 0 radical (unpaired) electrons. The van der Waals surface area contributed by atoms with Crippen molar-refractivity contribution in [1.29, 1.82) is 0 Å². The highest BCUT2D eigenvalue weighted by molar-refractivity contribution is 7.89. The first kappa shape index (κ1) is 15.6. The van der Waals surface area contributed by atoms with Crippen molar-refractivity contribution in [3.8, 4) is 0 Å². The lowest BCUT2D eigenvalue weighted by molar-refractivity contribution is 0.0865. The van der Waals surface area contributed by atoms with Crippen LogP contribution in [0, 0.1) is 0 Å². The first-order chi connectivity index (χ1) is 10.4. The number of hydrogen-bond donors (Lipinski definition) is 2. The summed E-state index contributed by atoms with van der Waals surface area (Å²) in [6, 6.07) is 5.28. The quantitative estimate of drug-likeness (QED) is 0.855. The average Bonchev–Trinajstić information content (AvgIpc) is 2.47. The van der Waals surface area contributed by atoms with E-state index in [4.69, 9.17) is 11.6 Å². The summed E-state index contributed by atoms with van der Waals surface area (Å²) in [7, 11) is -3.19. The van der Waals surface area contributed by atoms with Crippen LogP contribution in [0.5, 0.6) is 0 Å².